The van der Waals surface area contributed by atoms with Crippen molar-refractivity contribution in [2.24, 2.45) is 0 Å². The molecule has 0 aromatic heterocycles. The highest BCUT2D eigenvalue weighted by atomic mass is 16.4. The van der Waals surface area contributed by atoms with E-state index < -0.39 is 11.9 Å². The van der Waals surface area contributed by atoms with Crippen LogP contribution in [0.5, 0.6) is 0 Å². The van der Waals surface area contributed by atoms with Gasteiger partial charge in [0.15, 0.2) is 0 Å². The number of carbonyl (C=O) groups is 2. The van der Waals surface area contributed by atoms with Crippen LogP contribution < -0.4 is 4.90 Å². The highest BCUT2D eigenvalue weighted by Crippen LogP contribution is 2.36. The SMILES string of the molecule is O=C(O)C1CCN(C(=O)N2CCCCC2)c2ccccc21. The van der Waals surface area contributed by atoms with Crippen LogP contribution in [0.15, 0.2) is 24.3 Å². The predicted octanol–water partition coefficient (Wildman–Crippen LogP) is 2.67. The first-order valence-corrected chi connectivity index (χ1v) is 7.56. The minimum atomic E-state index is -0.812. The molecular weight excluding hydrogens is 268 g/mol. The molecule has 0 saturated carbocycles. The number of amides is 2. The van der Waals surface area contributed by atoms with E-state index in [1.54, 1.807) is 4.90 Å². The van der Waals surface area contributed by atoms with Gasteiger partial charge in [0.05, 0.1) is 5.92 Å². The van der Waals surface area contributed by atoms with E-state index in [1.807, 2.05) is 29.2 Å². The number of fused-ring (bicyclic) bond motifs is 1. The third kappa shape index (κ3) is 2.60. The quantitative estimate of drug-likeness (QED) is 0.864. The minimum Gasteiger partial charge on any atom is -0.481 e. The Labute approximate surface area is 124 Å². The van der Waals surface area contributed by atoms with Crippen molar-refractivity contribution < 1.29 is 14.7 Å². The van der Waals surface area contributed by atoms with Gasteiger partial charge in [-0.2, -0.15) is 0 Å². The van der Waals surface area contributed by atoms with Crippen molar-refractivity contribution >= 4 is 17.7 Å². The number of piperidine rings is 1. The number of hydrogen-bond acceptors (Lipinski definition) is 2. The van der Waals surface area contributed by atoms with Crippen molar-refractivity contribution in [3.63, 3.8) is 0 Å². The number of hydrogen-bond donors (Lipinski definition) is 1. The van der Waals surface area contributed by atoms with Crippen LogP contribution in [0.2, 0.25) is 0 Å². The third-order valence-corrected chi connectivity index (χ3v) is 4.40. The lowest BCUT2D eigenvalue weighted by atomic mass is 9.90. The minimum absolute atomic E-state index is 0.0194. The maximum Gasteiger partial charge on any atom is 0.324 e. The molecule has 1 aromatic carbocycles. The Morgan fingerprint density at radius 2 is 1.76 bits per heavy atom. The van der Waals surface area contributed by atoms with Gasteiger partial charge in [-0.1, -0.05) is 18.2 Å². The fraction of sp³-hybridized carbons (Fsp3) is 0.500. The summed E-state index contributed by atoms with van der Waals surface area (Å²) < 4.78 is 0. The first-order chi connectivity index (χ1) is 10.2. The molecule has 2 heterocycles. The van der Waals surface area contributed by atoms with E-state index >= 15 is 0 Å². The lowest BCUT2D eigenvalue weighted by Gasteiger charge is -2.37. The first-order valence-electron chi connectivity index (χ1n) is 7.56. The molecule has 1 N–H and O–H groups in total. The molecule has 1 fully saturated rings. The predicted molar refractivity (Wildman–Crippen MR) is 79.6 cm³/mol. The number of rotatable bonds is 1. The Kier molecular flexibility index (Phi) is 3.82. The molecular formula is C16H20N2O3. The average Bonchev–Trinajstić information content (AvgIpc) is 2.54. The van der Waals surface area contributed by atoms with E-state index in [-0.39, 0.29) is 6.03 Å². The van der Waals surface area contributed by atoms with Crippen LogP contribution in [0.25, 0.3) is 0 Å². The Balaban J connectivity index is 1.88. The number of carboxylic acids is 1. The van der Waals surface area contributed by atoms with Crippen molar-refractivity contribution in [1.82, 2.24) is 4.90 Å². The highest BCUT2D eigenvalue weighted by molar-refractivity contribution is 5.95. The summed E-state index contributed by atoms with van der Waals surface area (Å²) in [6, 6.07) is 7.39. The van der Waals surface area contributed by atoms with Crippen LogP contribution >= 0.6 is 0 Å². The second-order valence-corrected chi connectivity index (χ2v) is 5.72. The second kappa shape index (κ2) is 5.76. The molecule has 5 heteroatoms. The van der Waals surface area contributed by atoms with E-state index in [4.69, 9.17) is 0 Å². The maximum atomic E-state index is 12.7. The smallest absolute Gasteiger partial charge is 0.324 e. The molecule has 0 radical (unpaired) electrons. The van der Waals surface area contributed by atoms with E-state index in [9.17, 15) is 14.7 Å². The summed E-state index contributed by atoms with van der Waals surface area (Å²) in [5.74, 6) is -1.32. The first kappa shape index (κ1) is 13.9. The number of anilines is 1. The van der Waals surface area contributed by atoms with Gasteiger partial charge in [0, 0.05) is 25.3 Å². The van der Waals surface area contributed by atoms with Gasteiger partial charge in [-0.15, -0.1) is 0 Å². The molecule has 3 rings (SSSR count). The topological polar surface area (TPSA) is 60.9 Å². The molecule has 2 amide bonds. The Bertz CT molecular complexity index is 552. The molecule has 112 valence electrons. The second-order valence-electron chi connectivity index (χ2n) is 5.72. The number of carbonyl (C=O) groups excluding carboxylic acids is 1. The van der Waals surface area contributed by atoms with E-state index in [0.29, 0.717) is 13.0 Å². The summed E-state index contributed by atoms with van der Waals surface area (Å²) in [6.45, 7) is 2.09. The van der Waals surface area contributed by atoms with Gasteiger partial charge in [-0.25, -0.2) is 4.79 Å². The lowest BCUT2D eigenvalue weighted by molar-refractivity contribution is -0.139. The van der Waals surface area contributed by atoms with Gasteiger partial charge >= 0.3 is 12.0 Å². The van der Waals surface area contributed by atoms with E-state index in [2.05, 4.69) is 0 Å². The van der Waals surface area contributed by atoms with Crippen molar-refractivity contribution in [1.29, 1.82) is 0 Å². The van der Waals surface area contributed by atoms with Crippen molar-refractivity contribution in [3.8, 4) is 0 Å². The van der Waals surface area contributed by atoms with Gasteiger partial charge in [-0.05, 0) is 37.3 Å². The Morgan fingerprint density at radius 1 is 1.05 bits per heavy atom. The maximum absolute atomic E-state index is 12.7. The molecule has 0 bridgehead atoms. The number of urea groups is 1. The molecule has 0 aliphatic carbocycles. The van der Waals surface area contributed by atoms with E-state index in [0.717, 1.165) is 37.2 Å². The Morgan fingerprint density at radius 3 is 2.48 bits per heavy atom. The highest BCUT2D eigenvalue weighted by Gasteiger charge is 2.34. The zero-order chi connectivity index (χ0) is 14.8. The zero-order valence-corrected chi connectivity index (χ0v) is 12.0. The summed E-state index contributed by atoms with van der Waals surface area (Å²) in [6.07, 6.45) is 3.77. The fourth-order valence-corrected chi connectivity index (χ4v) is 3.27. The molecule has 21 heavy (non-hydrogen) atoms. The summed E-state index contributed by atoms with van der Waals surface area (Å²) in [4.78, 5) is 27.7. The summed E-state index contributed by atoms with van der Waals surface area (Å²) in [5.41, 5.74) is 1.51. The number of carboxylic acid groups (broad SMARTS) is 1. The van der Waals surface area contributed by atoms with Gasteiger partial charge in [0.2, 0.25) is 0 Å². The van der Waals surface area contributed by atoms with Crippen molar-refractivity contribution in [2.75, 3.05) is 24.5 Å². The number of benzene rings is 1. The van der Waals surface area contributed by atoms with Crippen LogP contribution in [0.4, 0.5) is 10.5 Å². The lowest BCUT2D eigenvalue weighted by Crippen LogP contribution is -2.48. The van der Waals surface area contributed by atoms with E-state index in [1.165, 1.54) is 6.42 Å². The van der Waals surface area contributed by atoms with Gasteiger partial charge < -0.3 is 10.0 Å². The largest absolute Gasteiger partial charge is 0.481 e. The van der Waals surface area contributed by atoms with Crippen LogP contribution in [-0.2, 0) is 4.79 Å². The van der Waals surface area contributed by atoms with Gasteiger partial charge in [-0.3, -0.25) is 9.69 Å². The van der Waals surface area contributed by atoms with Crippen molar-refractivity contribution in [2.45, 2.75) is 31.6 Å². The molecule has 1 unspecified atom stereocenters. The van der Waals surface area contributed by atoms with Crippen LogP contribution in [0, 0.1) is 0 Å². The molecule has 5 nitrogen and oxygen atoms in total. The fourth-order valence-electron chi connectivity index (χ4n) is 3.27. The standard InChI is InChI=1S/C16H20N2O3/c19-15(20)13-8-11-18(14-7-3-2-6-12(13)14)16(21)17-9-4-1-5-10-17/h2-3,6-7,13H,1,4-5,8-11H2,(H,19,20). The summed E-state index contributed by atoms with van der Waals surface area (Å²) in [5, 5.41) is 9.34. The van der Waals surface area contributed by atoms with Crippen molar-refractivity contribution in [3.05, 3.63) is 29.8 Å². The molecule has 0 spiro atoms. The summed E-state index contributed by atoms with van der Waals surface area (Å²) in [7, 11) is 0. The van der Waals surface area contributed by atoms with Crippen LogP contribution in [0.3, 0.4) is 0 Å². The third-order valence-electron chi connectivity index (χ3n) is 4.40. The number of nitrogens with zero attached hydrogens (tertiary/aromatic N) is 2. The molecule has 1 saturated heterocycles. The number of likely N-dealkylation sites (tertiary alicyclic amines) is 1. The molecule has 1 atom stereocenters. The number of aliphatic carboxylic acids is 1. The molecule has 2 aliphatic rings. The monoisotopic (exact) mass is 288 g/mol. The Hall–Kier alpha value is -2.04. The average molecular weight is 288 g/mol. The zero-order valence-electron chi connectivity index (χ0n) is 12.0. The van der Waals surface area contributed by atoms with Gasteiger partial charge in [0.25, 0.3) is 0 Å². The molecule has 1 aromatic rings. The molecule has 2 aliphatic heterocycles. The normalized spacial score (nSPS) is 21.8. The number of para-hydroxylation sites is 1. The van der Waals surface area contributed by atoms with Crippen LogP contribution in [-0.4, -0.2) is 41.6 Å². The summed E-state index contributed by atoms with van der Waals surface area (Å²) >= 11 is 0. The van der Waals surface area contributed by atoms with Gasteiger partial charge in [0.1, 0.15) is 0 Å². The van der Waals surface area contributed by atoms with Crippen LogP contribution in [0.1, 0.15) is 37.2 Å².